The smallest absolute Gasteiger partial charge is 0.407 e. The van der Waals surface area contributed by atoms with E-state index in [1.165, 1.54) is 13.2 Å². The normalized spacial score (nSPS) is 19.9. The summed E-state index contributed by atoms with van der Waals surface area (Å²) >= 11 is 0. The van der Waals surface area contributed by atoms with Crippen molar-refractivity contribution < 1.29 is 18.7 Å². The average molecular weight is 225 g/mol. The Morgan fingerprint density at radius 3 is 3.06 bits per heavy atom. The summed E-state index contributed by atoms with van der Waals surface area (Å²) in [4.78, 5) is 11.1. The summed E-state index contributed by atoms with van der Waals surface area (Å²) in [6.45, 7) is 0.286. The number of ether oxygens (including phenoxy) is 2. The van der Waals surface area contributed by atoms with Gasteiger partial charge in [0.1, 0.15) is 11.6 Å². The molecule has 1 aromatic carbocycles. The number of benzene rings is 1. The third-order valence-corrected chi connectivity index (χ3v) is 2.51. The molecule has 86 valence electrons. The monoisotopic (exact) mass is 225 g/mol. The molecular formula is C11H12FNO3. The summed E-state index contributed by atoms with van der Waals surface area (Å²) in [7, 11) is 1.47. The molecule has 0 bridgehead atoms. The molecule has 1 aliphatic rings. The maximum Gasteiger partial charge on any atom is 0.407 e. The Bertz CT molecular complexity index is 408. The Morgan fingerprint density at radius 2 is 2.38 bits per heavy atom. The number of methoxy groups -OCH3 is 1. The molecular weight excluding hydrogens is 213 g/mol. The maximum atomic E-state index is 13.7. The molecule has 1 aromatic rings. The Kier molecular flexibility index (Phi) is 2.94. The molecule has 0 unspecified atom stereocenters. The standard InChI is InChI=1S/C11H12FNO3/c1-15-9-4-2-3-7(12)10(9)8-5-6-16-11(14)13-8/h2-4,8H,5-6H2,1H3,(H,13,14)/t8-/m0/s1. The lowest BCUT2D eigenvalue weighted by Gasteiger charge is -2.25. The number of carbonyl (C=O) groups excluding carboxylic acids is 1. The highest BCUT2D eigenvalue weighted by atomic mass is 19.1. The van der Waals surface area contributed by atoms with Crippen LogP contribution in [0.15, 0.2) is 18.2 Å². The number of halogens is 1. The number of hydrogen-bond donors (Lipinski definition) is 1. The largest absolute Gasteiger partial charge is 0.496 e. The minimum atomic E-state index is -0.526. The van der Waals surface area contributed by atoms with Crippen LogP contribution in [-0.2, 0) is 4.74 Å². The lowest BCUT2D eigenvalue weighted by molar-refractivity contribution is 0.114. The lowest BCUT2D eigenvalue weighted by Crippen LogP contribution is -2.35. The molecule has 1 fully saturated rings. The fraction of sp³-hybridized carbons (Fsp3) is 0.364. The summed E-state index contributed by atoms with van der Waals surface area (Å²) in [6, 6.07) is 4.19. The van der Waals surface area contributed by atoms with E-state index in [2.05, 4.69) is 5.32 Å². The van der Waals surface area contributed by atoms with Gasteiger partial charge < -0.3 is 14.8 Å². The van der Waals surface area contributed by atoms with Crippen LogP contribution in [0.3, 0.4) is 0 Å². The highest BCUT2D eigenvalue weighted by molar-refractivity contribution is 5.69. The van der Waals surface area contributed by atoms with E-state index in [1.807, 2.05) is 0 Å². The van der Waals surface area contributed by atoms with Crippen molar-refractivity contribution in [2.45, 2.75) is 12.5 Å². The summed E-state index contributed by atoms with van der Waals surface area (Å²) in [5.41, 5.74) is 0.377. The van der Waals surface area contributed by atoms with Gasteiger partial charge in [-0.3, -0.25) is 0 Å². The number of hydrogen-bond acceptors (Lipinski definition) is 3. The second-order valence-electron chi connectivity index (χ2n) is 3.48. The predicted molar refractivity (Wildman–Crippen MR) is 54.8 cm³/mol. The van der Waals surface area contributed by atoms with E-state index in [0.29, 0.717) is 17.7 Å². The highest BCUT2D eigenvalue weighted by Gasteiger charge is 2.26. The van der Waals surface area contributed by atoms with Crippen LogP contribution >= 0.6 is 0 Å². The Labute approximate surface area is 92.4 Å². The van der Waals surface area contributed by atoms with E-state index in [9.17, 15) is 9.18 Å². The van der Waals surface area contributed by atoms with Gasteiger partial charge in [0.15, 0.2) is 0 Å². The summed E-state index contributed by atoms with van der Waals surface area (Å²) in [5, 5.41) is 2.57. The first-order valence-corrected chi connectivity index (χ1v) is 4.98. The van der Waals surface area contributed by atoms with Crippen LogP contribution < -0.4 is 10.1 Å². The van der Waals surface area contributed by atoms with Gasteiger partial charge in [-0.2, -0.15) is 0 Å². The fourth-order valence-electron chi connectivity index (χ4n) is 1.78. The summed E-state index contributed by atoms with van der Waals surface area (Å²) in [5.74, 6) is 0.0544. The van der Waals surface area contributed by atoms with E-state index >= 15 is 0 Å². The van der Waals surface area contributed by atoms with Gasteiger partial charge in [0.25, 0.3) is 0 Å². The van der Waals surface area contributed by atoms with Gasteiger partial charge in [-0.1, -0.05) is 6.07 Å². The van der Waals surface area contributed by atoms with Crippen LogP contribution in [-0.4, -0.2) is 19.8 Å². The molecule has 0 radical (unpaired) electrons. The van der Waals surface area contributed by atoms with Crippen molar-refractivity contribution in [3.8, 4) is 5.75 Å². The van der Waals surface area contributed by atoms with Gasteiger partial charge in [0.05, 0.1) is 25.3 Å². The van der Waals surface area contributed by atoms with Crippen molar-refractivity contribution in [1.29, 1.82) is 0 Å². The Hall–Kier alpha value is -1.78. The van der Waals surface area contributed by atoms with E-state index < -0.39 is 12.1 Å². The third-order valence-electron chi connectivity index (χ3n) is 2.51. The molecule has 1 N–H and O–H groups in total. The Balaban J connectivity index is 2.34. The van der Waals surface area contributed by atoms with Crippen molar-refractivity contribution in [1.82, 2.24) is 5.32 Å². The number of cyclic esters (lactones) is 1. The van der Waals surface area contributed by atoms with E-state index in [4.69, 9.17) is 9.47 Å². The van der Waals surface area contributed by atoms with E-state index in [0.717, 1.165) is 0 Å². The van der Waals surface area contributed by atoms with Crippen molar-refractivity contribution in [2.75, 3.05) is 13.7 Å². The molecule has 4 nitrogen and oxygen atoms in total. The number of carbonyl (C=O) groups is 1. The second-order valence-corrected chi connectivity index (χ2v) is 3.48. The molecule has 1 heterocycles. The van der Waals surface area contributed by atoms with Crippen LogP contribution in [0.5, 0.6) is 5.75 Å². The molecule has 0 aromatic heterocycles. The van der Waals surface area contributed by atoms with Gasteiger partial charge in [0, 0.05) is 6.42 Å². The number of nitrogens with one attached hydrogen (secondary N) is 1. The van der Waals surface area contributed by atoms with Crippen LogP contribution in [0.4, 0.5) is 9.18 Å². The zero-order valence-electron chi connectivity index (χ0n) is 8.83. The maximum absolute atomic E-state index is 13.7. The van der Waals surface area contributed by atoms with Gasteiger partial charge >= 0.3 is 6.09 Å². The molecule has 1 saturated heterocycles. The van der Waals surface area contributed by atoms with Gasteiger partial charge in [0.2, 0.25) is 0 Å². The lowest BCUT2D eigenvalue weighted by atomic mass is 10.0. The fourth-order valence-corrected chi connectivity index (χ4v) is 1.78. The van der Waals surface area contributed by atoms with Gasteiger partial charge in [-0.05, 0) is 12.1 Å². The zero-order valence-corrected chi connectivity index (χ0v) is 8.83. The number of alkyl carbamates (subject to hydrolysis) is 1. The molecule has 0 aliphatic carbocycles. The molecule has 2 rings (SSSR count). The highest BCUT2D eigenvalue weighted by Crippen LogP contribution is 2.31. The first-order chi connectivity index (χ1) is 7.72. The van der Waals surface area contributed by atoms with Crippen LogP contribution in [0.2, 0.25) is 0 Å². The van der Waals surface area contributed by atoms with Crippen molar-refractivity contribution in [3.63, 3.8) is 0 Å². The van der Waals surface area contributed by atoms with Crippen molar-refractivity contribution >= 4 is 6.09 Å². The van der Waals surface area contributed by atoms with Crippen molar-refractivity contribution in [3.05, 3.63) is 29.6 Å². The molecule has 16 heavy (non-hydrogen) atoms. The molecule has 1 amide bonds. The minimum absolute atomic E-state index is 0.286. The predicted octanol–water partition coefficient (Wildman–Crippen LogP) is 2.01. The van der Waals surface area contributed by atoms with Crippen molar-refractivity contribution in [2.24, 2.45) is 0 Å². The number of rotatable bonds is 2. The Morgan fingerprint density at radius 1 is 1.56 bits per heavy atom. The SMILES string of the molecule is COc1cccc(F)c1[C@@H]1CCOC(=O)N1. The third kappa shape index (κ3) is 1.93. The van der Waals surface area contributed by atoms with Crippen LogP contribution in [0, 0.1) is 5.82 Å². The molecule has 0 spiro atoms. The molecule has 1 aliphatic heterocycles. The quantitative estimate of drug-likeness (QED) is 0.837. The van der Waals surface area contributed by atoms with Crippen LogP contribution in [0.25, 0.3) is 0 Å². The molecule has 5 heteroatoms. The summed E-state index contributed by atoms with van der Waals surface area (Å²) in [6.07, 6.45) is 0.00445. The topological polar surface area (TPSA) is 47.6 Å². The van der Waals surface area contributed by atoms with E-state index in [1.54, 1.807) is 12.1 Å². The average Bonchev–Trinajstić information content (AvgIpc) is 2.28. The van der Waals surface area contributed by atoms with Gasteiger partial charge in [-0.25, -0.2) is 9.18 Å². The summed E-state index contributed by atoms with van der Waals surface area (Å²) < 4.78 is 23.5. The number of amides is 1. The first kappa shape index (κ1) is 10.7. The molecule has 0 saturated carbocycles. The molecule has 1 atom stereocenters. The van der Waals surface area contributed by atoms with E-state index in [-0.39, 0.29) is 12.4 Å². The van der Waals surface area contributed by atoms with Crippen LogP contribution in [0.1, 0.15) is 18.0 Å². The first-order valence-electron chi connectivity index (χ1n) is 4.98. The minimum Gasteiger partial charge on any atom is -0.496 e. The van der Waals surface area contributed by atoms with Gasteiger partial charge in [-0.15, -0.1) is 0 Å². The zero-order chi connectivity index (χ0) is 11.5. The second kappa shape index (κ2) is 4.38.